The molecule has 1 aliphatic heterocycles. The van der Waals surface area contributed by atoms with Crippen molar-refractivity contribution in [3.63, 3.8) is 0 Å². The first kappa shape index (κ1) is 19.0. The second kappa shape index (κ2) is 6.12. The molecule has 2 aliphatic rings. The summed E-state index contributed by atoms with van der Waals surface area (Å²) >= 11 is 12.2. The molecule has 1 unspecified atom stereocenters. The molecule has 3 rings (SSSR count). The minimum Gasteiger partial charge on any atom is -0.339 e. The van der Waals surface area contributed by atoms with Crippen molar-refractivity contribution in [3.8, 4) is 0 Å². The minimum atomic E-state index is -3.55. The van der Waals surface area contributed by atoms with Crippen molar-refractivity contribution in [2.75, 3.05) is 26.2 Å². The van der Waals surface area contributed by atoms with Crippen LogP contribution in [0.1, 0.15) is 24.5 Å². The topological polar surface area (TPSA) is 57.7 Å². The van der Waals surface area contributed by atoms with E-state index in [1.807, 2.05) is 19.9 Å². The average Bonchev–Trinajstić information content (AvgIpc) is 3.08. The normalized spacial score (nSPS) is 26.5. The van der Waals surface area contributed by atoms with E-state index < -0.39 is 19.8 Å². The molecule has 1 aliphatic carbocycles. The van der Waals surface area contributed by atoms with Crippen LogP contribution in [-0.4, -0.2) is 54.0 Å². The van der Waals surface area contributed by atoms with Crippen molar-refractivity contribution in [2.45, 2.75) is 36.4 Å². The number of sulfonamides is 1. The number of amides is 1. The zero-order chi connectivity index (χ0) is 18.6. The molecular weight excluding hydrogens is 383 g/mol. The molecule has 8 heteroatoms. The van der Waals surface area contributed by atoms with E-state index in [-0.39, 0.29) is 19.0 Å². The maximum atomic E-state index is 12.8. The van der Waals surface area contributed by atoms with E-state index in [0.29, 0.717) is 24.4 Å². The molecule has 5 nitrogen and oxygen atoms in total. The highest BCUT2D eigenvalue weighted by Gasteiger charge is 2.68. The Morgan fingerprint density at radius 3 is 2.12 bits per heavy atom. The number of rotatable bonds is 3. The second-order valence-corrected chi connectivity index (χ2v) is 10.6. The Labute approximate surface area is 158 Å². The van der Waals surface area contributed by atoms with Gasteiger partial charge in [0.25, 0.3) is 0 Å². The molecule has 1 amide bonds. The Kier molecular flexibility index (Phi) is 4.64. The van der Waals surface area contributed by atoms with E-state index in [1.54, 1.807) is 24.0 Å². The molecule has 138 valence electrons. The fraction of sp³-hybridized carbons (Fsp3) is 0.588. The predicted molar refractivity (Wildman–Crippen MR) is 98.4 cm³/mol. The molecule has 1 saturated carbocycles. The van der Waals surface area contributed by atoms with Crippen molar-refractivity contribution in [3.05, 3.63) is 29.3 Å². The number of alkyl halides is 2. The minimum absolute atomic E-state index is 0.0965. The van der Waals surface area contributed by atoms with E-state index in [0.717, 1.165) is 11.1 Å². The molecule has 0 aromatic heterocycles. The summed E-state index contributed by atoms with van der Waals surface area (Å²) in [6.45, 7) is 6.84. The van der Waals surface area contributed by atoms with Crippen molar-refractivity contribution in [1.29, 1.82) is 0 Å². The van der Waals surface area contributed by atoms with Crippen molar-refractivity contribution in [2.24, 2.45) is 5.41 Å². The van der Waals surface area contributed by atoms with E-state index in [4.69, 9.17) is 23.2 Å². The van der Waals surface area contributed by atoms with E-state index in [9.17, 15) is 13.2 Å². The maximum Gasteiger partial charge on any atom is 0.243 e. The van der Waals surface area contributed by atoms with E-state index >= 15 is 0 Å². The van der Waals surface area contributed by atoms with Crippen LogP contribution in [0.2, 0.25) is 0 Å². The number of nitrogens with zero attached hydrogens (tertiary/aromatic N) is 2. The van der Waals surface area contributed by atoms with Gasteiger partial charge >= 0.3 is 0 Å². The van der Waals surface area contributed by atoms with Crippen LogP contribution in [0.3, 0.4) is 0 Å². The summed E-state index contributed by atoms with van der Waals surface area (Å²) in [4.78, 5) is 14.6. The Hall–Kier alpha value is -0.820. The first-order chi connectivity index (χ1) is 11.5. The van der Waals surface area contributed by atoms with Crippen molar-refractivity contribution >= 4 is 39.1 Å². The zero-order valence-electron chi connectivity index (χ0n) is 14.6. The second-order valence-electron chi connectivity index (χ2n) is 7.16. The first-order valence-electron chi connectivity index (χ1n) is 8.24. The summed E-state index contributed by atoms with van der Waals surface area (Å²) in [5, 5.41) is 0. The highest BCUT2D eigenvalue weighted by Crippen LogP contribution is 2.64. The standard InChI is InChI=1S/C17H22Cl2N2O3S/c1-12-4-5-14(10-13(12)2)25(23,24)21-8-6-20(7-9-21)15(22)16(3)11-17(16,18)19/h4-5,10H,6-9,11H2,1-3H3. The van der Waals surface area contributed by atoms with Gasteiger partial charge in [-0.2, -0.15) is 4.31 Å². The van der Waals surface area contributed by atoms with Gasteiger partial charge in [0.2, 0.25) is 15.9 Å². The van der Waals surface area contributed by atoms with Gasteiger partial charge in [0.1, 0.15) is 4.33 Å². The molecule has 0 bridgehead atoms. The molecule has 1 heterocycles. The Balaban J connectivity index is 1.69. The fourth-order valence-electron chi connectivity index (χ4n) is 3.14. The van der Waals surface area contributed by atoms with Crippen LogP contribution < -0.4 is 0 Å². The maximum absolute atomic E-state index is 12.8. The molecule has 0 radical (unpaired) electrons. The number of aryl methyl sites for hydroxylation is 2. The number of benzene rings is 1. The van der Waals surface area contributed by atoms with Gasteiger partial charge in [-0.15, -0.1) is 23.2 Å². The van der Waals surface area contributed by atoms with E-state index in [2.05, 4.69) is 0 Å². The third-order valence-corrected chi connectivity index (χ3v) is 8.37. The molecule has 0 spiro atoms. The summed E-state index contributed by atoms with van der Waals surface area (Å²) < 4.78 is 26.1. The third-order valence-electron chi connectivity index (χ3n) is 5.37. The molecule has 1 aromatic rings. The summed E-state index contributed by atoms with van der Waals surface area (Å²) in [7, 11) is -3.55. The van der Waals surface area contributed by atoms with Crippen molar-refractivity contribution in [1.82, 2.24) is 9.21 Å². The SMILES string of the molecule is Cc1ccc(S(=O)(=O)N2CCN(C(=O)C3(C)CC3(Cl)Cl)CC2)cc1C. The summed E-state index contributed by atoms with van der Waals surface area (Å²) in [6, 6.07) is 5.15. The molecule has 1 atom stereocenters. The number of carbonyl (C=O) groups excluding carboxylic acids is 1. The summed E-state index contributed by atoms with van der Waals surface area (Å²) in [5.41, 5.74) is 1.24. The quantitative estimate of drug-likeness (QED) is 0.727. The first-order valence-corrected chi connectivity index (χ1v) is 10.4. The lowest BCUT2D eigenvalue weighted by Crippen LogP contribution is -2.52. The highest BCUT2D eigenvalue weighted by molar-refractivity contribution is 7.89. The smallest absolute Gasteiger partial charge is 0.243 e. The number of hydrogen-bond donors (Lipinski definition) is 0. The number of piperazine rings is 1. The average molecular weight is 405 g/mol. The summed E-state index contributed by atoms with van der Waals surface area (Å²) in [5.74, 6) is -0.0965. The molecule has 25 heavy (non-hydrogen) atoms. The van der Waals surface area contributed by atoms with Crippen molar-refractivity contribution < 1.29 is 13.2 Å². The molecule has 0 N–H and O–H groups in total. The molecule has 1 saturated heterocycles. The fourth-order valence-corrected chi connectivity index (χ4v) is 5.34. The van der Waals surface area contributed by atoms with Crippen LogP contribution >= 0.6 is 23.2 Å². The molecule has 1 aromatic carbocycles. The van der Waals surface area contributed by atoms with Crippen LogP contribution in [0, 0.1) is 19.3 Å². The van der Waals surface area contributed by atoms with Gasteiger partial charge in [-0.1, -0.05) is 6.07 Å². The number of hydrogen-bond acceptors (Lipinski definition) is 3. The van der Waals surface area contributed by atoms with E-state index in [1.165, 1.54) is 4.31 Å². The molecular formula is C17H22Cl2N2O3S. The Morgan fingerprint density at radius 2 is 1.64 bits per heavy atom. The van der Waals surface area contributed by atoms with Gasteiger partial charge in [-0.05, 0) is 50.5 Å². The van der Waals surface area contributed by atoms with Crippen LogP contribution in [0.25, 0.3) is 0 Å². The largest absolute Gasteiger partial charge is 0.339 e. The van der Waals surface area contributed by atoms with Gasteiger partial charge in [-0.3, -0.25) is 4.79 Å². The van der Waals surface area contributed by atoms with Crippen LogP contribution in [-0.2, 0) is 14.8 Å². The van der Waals surface area contributed by atoms with Gasteiger partial charge in [-0.25, -0.2) is 8.42 Å². The van der Waals surface area contributed by atoms with Gasteiger partial charge in [0.05, 0.1) is 10.3 Å². The van der Waals surface area contributed by atoms with Gasteiger partial charge in [0, 0.05) is 26.2 Å². The van der Waals surface area contributed by atoms with Crippen LogP contribution in [0.4, 0.5) is 0 Å². The number of halogens is 2. The lowest BCUT2D eigenvalue weighted by molar-refractivity contribution is -0.137. The number of carbonyl (C=O) groups is 1. The summed E-state index contributed by atoms with van der Waals surface area (Å²) in [6.07, 6.45) is 0.434. The predicted octanol–water partition coefficient (Wildman–Crippen LogP) is 2.72. The van der Waals surface area contributed by atoms with Crippen LogP contribution in [0.5, 0.6) is 0 Å². The van der Waals surface area contributed by atoms with Gasteiger partial charge in [0.15, 0.2) is 0 Å². The molecule has 2 fully saturated rings. The Bertz CT molecular complexity index is 817. The van der Waals surface area contributed by atoms with Gasteiger partial charge < -0.3 is 4.90 Å². The monoisotopic (exact) mass is 404 g/mol. The zero-order valence-corrected chi connectivity index (χ0v) is 16.9. The third kappa shape index (κ3) is 3.18. The lowest BCUT2D eigenvalue weighted by Gasteiger charge is -2.35. The highest BCUT2D eigenvalue weighted by atomic mass is 35.5. The Morgan fingerprint density at radius 1 is 1.08 bits per heavy atom. The lowest BCUT2D eigenvalue weighted by atomic mass is 10.1. The van der Waals surface area contributed by atoms with Crippen LogP contribution in [0.15, 0.2) is 23.1 Å².